The third kappa shape index (κ3) is 5.20. The lowest BCUT2D eigenvalue weighted by molar-refractivity contribution is -0.117. The highest BCUT2D eigenvalue weighted by Crippen LogP contribution is 2.23. The summed E-state index contributed by atoms with van der Waals surface area (Å²) in [4.78, 5) is 20.1. The van der Waals surface area contributed by atoms with Gasteiger partial charge in [0.25, 0.3) is 0 Å². The predicted molar refractivity (Wildman–Crippen MR) is 100 cm³/mol. The van der Waals surface area contributed by atoms with E-state index in [9.17, 15) is 13.6 Å². The zero-order valence-electron chi connectivity index (χ0n) is 15.0. The van der Waals surface area contributed by atoms with Gasteiger partial charge in [-0.05, 0) is 42.8 Å². The van der Waals surface area contributed by atoms with Gasteiger partial charge in [-0.25, -0.2) is 13.8 Å². The summed E-state index contributed by atoms with van der Waals surface area (Å²) in [6, 6.07) is 10.0. The number of nitrogens with one attached hydrogen (secondary N) is 1. The Hall–Kier alpha value is -3.61. The van der Waals surface area contributed by atoms with Crippen LogP contribution in [-0.2, 0) is 4.79 Å². The first-order chi connectivity index (χ1) is 13.5. The van der Waals surface area contributed by atoms with Crippen molar-refractivity contribution in [3.05, 3.63) is 89.9 Å². The molecule has 0 spiro atoms. The average molecular weight is 381 g/mol. The third-order valence-corrected chi connectivity index (χ3v) is 3.86. The SMILES string of the molecule is C[C@H](NC(=O)/C=C/c1ccc(F)cc1F)c1cccc(Oc2cnccn2)c1. The Morgan fingerprint density at radius 3 is 2.79 bits per heavy atom. The molecule has 0 aliphatic carbocycles. The molecule has 1 aromatic heterocycles. The Balaban J connectivity index is 1.63. The lowest BCUT2D eigenvalue weighted by Gasteiger charge is -2.14. The topological polar surface area (TPSA) is 64.1 Å². The molecular formula is C21H17F2N3O2. The van der Waals surface area contributed by atoms with Crippen LogP contribution in [-0.4, -0.2) is 15.9 Å². The first kappa shape index (κ1) is 19.2. The lowest BCUT2D eigenvalue weighted by atomic mass is 10.1. The minimum atomic E-state index is -0.731. The van der Waals surface area contributed by atoms with Crippen molar-refractivity contribution >= 4 is 12.0 Å². The van der Waals surface area contributed by atoms with E-state index in [0.717, 1.165) is 17.7 Å². The summed E-state index contributed by atoms with van der Waals surface area (Å²) in [6.45, 7) is 1.81. The molecule has 1 atom stereocenters. The van der Waals surface area contributed by atoms with Crippen LogP contribution in [0.3, 0.4) is 0 Å². The van der Waals surface area contributed by atoms with Gasteiger partial charge in [-0.3, -0.25) is 9.78 Å². The summed E-state index contributed by atoms with van der Waals surface area (Å²) in [5.41, 5.74) is 0.944. The summed E-state index contributed by atoms with van der Waals surface area (Å²) in [6.07, 6.45) is 7.07. The molecule has 0 fully saturated rings. The Kier molecular flexibility index (Phi) is 6.06. The van der Waals surface area contributed by atoms with E-state index in [1.807, 2.05) is 13.0 Å². The van der Waals surface area contributed by atoms with Crippen LogP contribution in [0.4, 0.5) is 8.78 Å². The van der Waals surface area contributed by atoms with E-state index in [1.165, 1.54) is 30.6 Å². The van der Waals surface area contributed by atoms with E-state index in [-0.39, 0.29) is 11.6 Å². The molecule has 142 valence electrons. The summed E-state index contributed by atoms with van der Waals surface area (Å²) < 4.78 is 32.2. The van der Waals surface area contributed by atoms with E-state index in [2.05, 4.69) is 15.3 Å². The lowest BCUT2D eigenvalue weighted by Crippen LogP contribution is -2.24. The molecule has 0 bridgehead atoms. The van der Waals surface area contributed by atoms with Crippen molar-refractivity contribution in [2.45, 2.75) is 13.0 Å². The van der Waals surface area contributed by atoms with Crippen molar-refractivity contribution in [3.8, 4) is 11.6 Å². The molecule has 1 heterocycles. The average Bonchev–Trinajstić information content (AvgIpc) is 2.68. The van der Waals surface area contributed by atoms with Gasteiger partial charge in [-0.1, -0.05) is 12.1 Å². The molecule has 0 aliphatic heterocycles. The van der Waals surface area contributed by atoms with Gasteiger partial charge >= 0.3 is 0 Å². The molecule has 3 rings (SSSR count). The van der Waals surface area contributed by atoms with Crippen LogP contribution < -0.4 is 10.1 Å². The molecule has 0 radical (unpaired) electrons. The van der Waals surface area contributed by atoms with Gasteiger partial charge in [-0.15, -0.1) is 0 Å². The molecule has 0 unspecified atom stereocenters. The number of hydrogen-bond acceptors (Lipinski definition) is 4. The monoisotopic (exact) mass is 381 g/mol. The van der Waals surface area contributed by atoms with Crippen LogP contribution in [0.25, 0.3) is 6.08 Å². The number of benzene rings is 2. The second-order valence-electron chi connectivity index (χ2n) is 5.95. The molecule has 7 heteroatoms. The number of rotatable bonds is 6. The van der Waals surface area contributed by atoms with Crippen molar-refractivity contribution in [2.75, 3.05) is 0 Å². The molecule has 1 N–H and O–H groups in total. The van der Waals surface area contributed by atoms with Crippen LogP contribution in [0.2, 0.25) is 0 Å². The van der Waals surface area contributed by atoms with Gasteiger partial charge in [-0.2, -0.15) is 0 Å². The first-order valence-corrected chi connectivity index (χ1v) is 8.49. The highest BCUT2D eigenvalue weighted by Gasteiger charge is 2.10. The van der Waals surface area contributed by atoms with Crippen molar-refractivity contribution < 1.29 is 18.3 Å². The number of carbonyl (C=O) groups excluding carboxylic acids is 1. The molecule has 2 aromatic carbocycles. The molecule has 0 saturated carbocycles. The van der Waals surface area contributed by atoms with Gasteiger partial charge in [0.05, 0.1) is 12.2 Å². The first-order valence-electron chi connectivity index (χ1n) is 8.49. The van der Waals surface area contributed by atoms with Gasteiger partial charge in [0, 0.05) is 30.1 Å². The van der Waals surface area contributed by atoms with E-state index < -0.39 is 17.5 Å². The van der Waals surface area contributed by atoms with Crippen LogP contribution >= 0.6 is 0 Å². The van der Waals surface area contributed by atoms with E-state index >= 15 is 0 Å². The quantitative estimate of drug-likeness (QED) is 0.641. The number of nitrogens with zero attached hydrogens (tertiary/aromatic N) is 2. The van der Waals surface area contributed by atoms with Crippen molar-refractivity contribution in [2.24, 2.45) is 0 Å². The minimum Gasteiger partial charge on any atom is -0.437 e. The Bertz CT molecular complexity index is 994. The van der Waals surface area contributed by atoms with E-state index in [1.54, 1.807) is 24.4 Å². The molecule has 3 aromatic rings. The van der Waals surface area contributed by atoms with Crippen molar-refractivity contribution in [1.82, 2.24) is 15.3 Å². The zero-order chi connectivity index (χ0) is 19.9. The number of amides is 1. The summed E-state index contributed by atoms with van der Waals surface area (Å²) >= 11 is 0. The van der Waals surface area contributed by atoms with Gasteiger partial charge in [0.1, 0.15) is 17.4 Å². The van der Waals surface area contributed by atoms with Crippen molar-refractivity contribution in [1.29, 1.82) is 0 Å². The number of halogens is 2. The van der Waals surface area contributed by atoms with Gasteiger partial charge < -0.3 is 10.1 Å². The van der Waals surface area contributed by atoms with E-state index in [4.69, 9.17) is 4.74 Å². The molecule has 5 nitrogen and oxygen atoms in total. The standard InChI is InChI=1S/C21H17F2N3O2/c1-14(26-20(27)8-6-15-5-7-17(22)12-19(15)23)16-3-2-4-18(11-16)28-21-13-24-9-10-25-21/h2-14H,1H3,(H,26,27)/b8-6+/t14-/m0/s1. The Labute approximate surface area is 160 Å². The maximum atomic E-state index is 13.6. The maximum Gasteiger partial charge on any atom is 0.244 e. The van der Waals surface area contributed by atoms with E-state index in [0.29, 0.717) is 11.6 Å². The smallest absolute Gasteiger partial charge is 0.244 e. The largest absolute Gasteiger partial charge is 0.437 e. The number of aromatic nitrogens is 2. The Morgan fingerprint density at radius 1 is 1.18 bits per heavy atom. The minimum absolute atomic E-state index is 0.128. The summed E-state index contributed by atoms with van der Waals surface area (Å²) in [5, 5.41) is 2.78. The van der Waals surface area contributed by atoms with Gasteiger partial charge in [0.15, 0.2) is 0 Å². The third-order valence-electron chi connectivity index (χ3n) is 3.86. The summed E-state index contributed by atoms with van der Waals surface area (Å²) in [7, 11) is 0. The number of hydrogen-bond donors (Lipinski definition) is 1. The fourth-order valence-electron chi connectivity index (χ4n) is 2.45. The molecule has 0 saturated heterocycles. The second kappa shape index (κ2) is 8.85. The van der Waals surface area contributed by atoms with Crippen LogP contribution in [0, 0.1) is 11.6 Å². The highest BCUT2D eigenvalue weighted by atomic mass is 19.1. The van der Waals surface area contributed by atoms with Crippen LogP contribution in [0.15, 0.2) is 67.1 Å². The zero-order valence-corrected chi connectivity index (χ0v) is 15.0. The normalized spacial score (nSPS) is 12.0. The van der Waals surface area contributed by atoms with Crippen LogP contribution in [0.1, 0.15) is 24.1 Å². The second-order valence-corrected chi connectivity index (χ2v) is 5.95. The molecule has 1 amide bonds. The van der Waals surface area contributed by atoms with Crippen LogP contribution in [0.5, 0.6) is 11.6 Å². The van der Waals surface area contributed by atoms with Crippen molar-refractivity contribution in [3.63, 3.8) is 0 Å². The molecule has 28 heavy (non-hydrogen) atoms. The maximum absolute atomic E-state index is 13.6. The fraction of sp³-hybridized carbons (Fsp3) is 0.0952. The number of carbonyl (C=O) groups is 1. The molecule has 0 aliphatic rings. The summed E-state index contributed by atoms with van der Waals surface area (Å²) in [5.74, 6) is -0.887. The van der Waals surface area contributed by atoms with Gasteiger partial charge in [0.2, 0.25) is 11.8 Å². The fourth-order valence-corrected chi connectivity index (χ4v) is 2.45. The highest BCUT2D eigenvalue weighted by molar-refractivity contribution is 5.92. The Morgan fingerprint density at radius 2 is 2.04 bits per heavy atom. The number of ether oxygens (including phenoxy) is 1. The predicted octanol–water partition coefficient (Wildman–Crippen LogP) is 4.44. The molecular weight excluding hydrogens is 364 g/mol.